The van der Waals surface area contributed by atoms with Gasteiger partial charge in [-0.1, -0.05) is 0 Å². The molecule has 0 spiro atoms. The summed E-state index contributed by atoms with van der Waals surface area (Å²) in [6.07, 6.45) is -5.73. The highest BCUT2D eigenvalue weighted by Crippen LogP contribution is 2.19. The summed E-state index contributed by atoms with van der Waals surface area (Å²) in [6.45, 7) is -1.14. The second-order valence-electron chi connectivity index (χ2n) is 1.62. The van der Waals surface area contributed by atoms with Crippen molar-refractivity contribution in [2.45, 2.75) is 12.6 Å². The Bertz CT molecular complexity index is 117. The van der Waals surface area contributed by atoms with Crippen molar-refractivity contribution in [2.24, 2.45) is 0 Å². The highest BCUT2D eigenvalue weighted by Gasteiger charge is 2.30. The average Bonchev–Trinajstić information content (AvgIpc) is 1.59. The summed E-state index contributed by atoms with van der Waals surface area (Å²) >= 11 is 0. The van der Waals surface area contributed by atoms with Crippen LogP contribution in [0.5, 0.6) is 0 Å². The van der Waals surface area contributed by atoms with Gasteiger partial charge in [0.15, 0.2) is 0 Å². The van der Waals surface area contributed by atoms with Gasteiger partial charge in [0.05, 0.1) is 13.1 Å². The maximum Gasteiger partial charge on any atom is 0.395 e. The highest BCUT2D eigenvalue weighted by atomic mass is 19.4. The maximum absolute atomic E-state index is 11.3. The molecular weight excluding hydrogens is 152 g/mol. The van der Waals surface area contributed by atoms with Crippen LogP contribution >= 0.6 is 0 Å². The molecule has 0 heterocycles. The topological polar surface area (TPSA) is 17.1 Å². The summed E-state index contributed by atoms with van der Waals surface area (Å²) in [6, 6.07) is 0. The van der Waals surface area contributed by atoms with Crippen molar-refractivity contribution in [1.82, 2.24) is 0 Å². The molecule has 1 nitrogen and oxygen atoms in total. The zero-order valence-electron chi connectivity index (χ0n) is 4.91. The fraction of sp³-hybridized carbons (Fsp3) is 0.600. The van der Waals surface area contributed by atoms with E-state index in [4.69, 9.17) is 0 Å². The third-order valence-electron chi connectivity index (χ3n) is 0.679. The Balaban J connectivity index is 3.58. The lowest BCUT2D eigenvalue weighted by Gasteiger charge is -2.02. The molecule has 0 aromatic heterocycles. The normalized spacial score (nSPS) is 11.6. The molecule has 0 bridgehead atoms. The molecule has 0 saturated heterocycles. The summed E-state index contributed by atoms with van der Waals surface area (Å²) < 4.78 is 45.0. The molecular formula is C5H5F4O. The van der Waals surface area contributed by atoms with Crippen molar-refractivity contribution in [3.8, 4) is 0 Å². The van der Waals surface area contributed by atoms with E-state index in [1.165, 1.54) is 0 Å². The van der Waals surface area contributed by atoms with E-state index in [1.54, 1.807) is 0 Å². The molecule has 0 amide bonds. The van der Waals surface area contributed by atoms with E-state index in [9.17, 15) is 22.4 Å². The molecule has 0 aliphatic carbocycles. The van der Waals surface area contributed by atoms with Crippen molar-refractivity contribution >= 4 is 5.78 Å². The number of carbonyl (C=O) groups excluding carboxylic acids is 1. The predicted octanol–water partition coefficient (Wildman–Crippen LogP) is 1.68. The van der Waals surface area contributed by atoms with Gasteiger partial charge in [-0.15, -0.1) is 0 Å². The van der Waals surface area contributed by atoms with Crippen LogP contribution < -0.4 is 0 Å². The second-order valence-corrected chi connectivity index (χ2v) is 1.62. The van der Waals surface area contributed by atoms with Crippen LogP contribution in [0.3, 0.4) is 0 Å². The third kappa shape index (κ3) is 5.53. The van der Waals surface area contributed by atoms with Crippen LogP contribution in [0.1, 0.15) is 6.42 Å². The lowest BCUT2D eigenvalue weighted by Crippen LogP contribution is -2.15. The van der Waals surface area contributed by atoms with Crippen molar-refractivity contribution in [1.29, 1.82) is 0 Å². The first-order valence-corrected chi connectivity index (χ1v) is 2.44. The van der Waals surface area contributed by atoms with E-state index in [2.05, 4.69) is 0 Å². The number of rotatable bonds is 3. The van der Waals surface area contributed by atoms with Gasteiger partial charge >= 0.3 is 6.18 Å². The smallest absolute Gasteiger partial charge is 0.299 e. The minimum atomic E-state index is -4.53. The molecule has 0 rings (SSSR count). The van der Waals surface area contributed by atoms with Crippen molar-refractivity contribution in [3.05, 3.63) is 6.42 Å². The molecule has 5 heteroatoms. The van der Waals surface area contributed by atoms with Crippen LogP contribution in [0, 0.1) is 6.42 Å². The fourth-order valence-corrected chi connectivity index (χ4v) is 0.356. The minimum absolute atomic E-state index is 0.369. The molecule has 0 N–H and O–H groups in total. The van der Waals surface area contributed by atoms with Gasteiger partial charge in [-0.3, -0.25) is 9.18 Å². The number of Topliss-reactive ketones (excluding diaryl/α,β-unsaturated/α-hetero) is 1. The van der Waals surface area contributed by atoms with Gasteiger partial charge in [0.25, 0.3) is 0 Å². The lowest BCUT2D eigenvalue weighted by atomic mass is 10.2. The number of hydrogen-bond acceptors (Lipinski definition) is 1. The Morgan fingerprint density at radius 2 is 1.90 bits per heavy atom. The molecule has 0 aromatic rings. The number of hydrogen-bond donors (Lipinski definition) is 0. The van der Waals surface area contributed by atoms with E-state index in [1.807, 2.05) is 0 Å². The van der Waals surface area contributed by atoms with Gasteiger partial charge in [-0.2, -0.15) is 13.2 Å². The minimum Gasteiger partial charge on any atom is -0.299 e. The monoisotopic (exact) mass is 157 g/mol. The van der Waals surface area contributed by atoms with Crippen LogP contribution in [0.15, 0.2) is 0 Å². The number of alkyl halides is 4. The zero-order valence-corrected chi connectivity index (χ0v) is 4.91. The van der Waals surface area contributed by atoms with E-state index in [-0.39, 0.29) is 0 Å². The molecule has 0 aliphatic heterocycles. The molecule has 0 atom stereocenters. The van der Waals surface area contributed by atoms with Gasteiger partial charge in [0.1, 0.15) is 12.2 Å². The van der Waals surface area contributed by atoms with E-state index in [0.29, 0.717) is 6.42 Å². The standard InChI is InChI=1S/C5H5F4O/c6-2-1-4(10)3-5(7,8)9/h1H,2-3H2. The van der Waals surface area contributed by atoms with Crippen molar-refractivity contribution in [2.75, 3.05) is 6.67 Å². The first-order valence-electron chi connectivity index (χ1n) is 2.44. The van der Waals surface area contributed by atoms with Gasteiger partial charge < -0.3 is 0 Å². The maximum atomic E-state index is 11.3. The van der Waals surface area contributed by atoms with E-state index >= 15 is 0 Å². The Morgan fingerprint density at radius 1 is 1.40 bits per heavy atom. The molecule has 0 fully saturated rings. The molecule has 0 aromatic carbocycles. The largest absolute Gasteiger partial charge is 0.395 e. The van der Waals surface area contributed by atoms with Gasteiger partial charge in [-0.05, 0) is 0 Å². The summed E-state index contributed by atoms with van der Waals surface area (Å²) in [5.41, 5.74) is 0. The SMILES string of the molecule is O=C([CH]CF)CC(F)(F)F. The van der Waals surface area contributed by atoms with Gasteiger partial charge in [-0.25, -0.2) is 0 Å². The molecule has 59 valence electrons. The fourth-order valence-electron chi connectivity index (χ4n) is 0.356. The van der Waals surface area contributed by atoms with Crippen LogP contribution in [0.4, 0.5) is 17.6 Å². The average molecular weight is 157 g/mol. The lowest BCUT2D eigenvalue weighted by molar-refractivity contribution is -0.150. The summed E-state index contributed by atoms with van der Waals surface area (Å²) in [7, 11) is 0. The Morgan fingerprint density at radius 3 is 2.20 bits per heavy atom. The third-order valence-corrected chi connectivity index (χ3v) is 0.679. The molecule has 1 radical (unpaired) electrons. The Kier molecular flexibility index (Phi) is 3.32. The Hall–Kier alpha value is -0.610. The number of halogens is 4. The Labute approximate surface area is 55.0 Å². The quantitative estimate of drug-likeness (QED) is 0.569. The zero-order chi connectivity index (χ0) is 8.20. The first kappa shape index (κ1) is 9.39. The van der Waals surface area contributed by atoms with Crippen LogP contribution in [0.25, 0.3) is 0 Å². The number of ketones is 1. The molecule has 10 heavy (non-hydrogen) atoms. The highest BCUT2D eigenvalue weighted by molar-refractivity contribution is 5.87. The summed E-state index contributed by atoms with van der Waals surface area (Å²) in [5.74, 6) is -1.23. The van der Waals surface area contributed by atoms with Crippen LogP contribution in [-0.2, 0) is 4.79 Å². The van der Waals surface area contributed by atoms with Crippen molar-refractivity contribution < 1.29 is 22.4 Å². The summed E-state index contributed by atoms with van der Waals surface area (Å²) in [4.78, 5) is 10.0. The predicted molar refractivity (Wildman–Crippen MR) is 26.0 cm³/mol. The number of carbonyl (C=O) groups is 1. The van der Waals surface area contributed by atoms with Crippen molar-refractivity contribution in [3.63, 3.8) is 0 Å². The van der Waals surface area contributed by atoms with Crippen LogP contribution in [-0.4, -0.2) is 18.6 Å². The first-order chi connectivity index (χ1) is 4.45. The van der Waals surface area contributed by atoms with Gasteiger partial charge in [0.2, 0.25) is 0 Å². The molecule has 0 unspecified atom stereocenters. The second kappa shape index (κ2) is 3.53. The van der Waals surface area contributed by atoms with E-state index in [0.717, 1.165) is 0 Å². The van der Waals surface area contributed by atoms with Gasteiger partial charge in [0, 0.05) is 0 Å². The molecule has 0 aliphatic rings. The van der Waals surface area contributed by atoms with Crippen LogP contribution in [0.2, 0.25) is 0 Å². The van der Waals surface area contributed by atoms with E-state index < -0.39 is 25.1 Å². The summed E-state index contributed by atoms with van der Waals surface area (Å²) in [5, 5.41) is 0. The molecule has 0 saturated carbocycles.